The maximum Gasteiger partial charge on any atom is 0.272 e. The molecule has 17 nitrogen and oxygen atoms in total. The number of amides is 4. The van der Waals surface area contributed by atoms with Gasteiger partial charge in [-0.3, -0.25) is 28.7 Å². The number of halogens is 1. The number of likely N-dealkylation sites (tertiary alicyclic amines) is 1. The lowest BCUT2D eigenvalue weighted by Gasteiger charge is -2.35. The fraction of sp³-hybridized carbons (Fsp3) is 0.365. The van der Waals surface area contributed by atoms with E-state index in [1.807, 2.05) is 93.2 Å². The number of nitrogens with zero attached hydrogens (tertiary/aromatic N) is 8. The molecular formula is C52H56ClN11O6S2. The summed E-state index contributed by atoms with van der Waals surface area (Å²) in [6.07, 6.45) is 3.03. The van der Waals surface area contributed by atoms with Crippen LogP contribution >= 0.6 is 34.3 Å². The van der Waals surface area contributed by atoms with Crippen molar-refractivity contribution in [3.8, 4) is 21.2 Å². The molecule has 7 aromatic rings. The average molecular weight is 1030 g/mol. The van der Waals surface area contributed by atoms with Crippen LogP contribution in [0.25, 0.3) is 21.1 Å². The molecule has 0 bridgehead atoms. The van der Waals surface area contributed by atoms with E-state index in [0.29, 0.717) is 47.6 Å². The molecule has 2 aliphatic heterocycles. The molecule has 0 radical (unpaired) electrons. The Kier molecular flexibility index (Phi) is 14.4. The summed E-state index contributed by atoms with van der Waals surface area (Å²) in [5.41, 5.74) is 8.22. The minimum Gasteiger partial charge on any atom is -0.493 e. The first-order valence-corrected chi connectivity index (χ1v) is 25.8. The van der Waals surface area contributed by atoms with Crippen molar-refractivity contribution in [1.29, 1.82) is 0 Å². The Balaban J connectivity index is 0.788. The predicted octanol–water partition coefficient (Wildman–Crippen LogP) is 7.28. The zero-order chi connectivity index (χ0) is 51.0. The van der Waals surface area contributed by atoms with E-state index in [1.54, 1.807) is 51.6 Å². The number of hydrogen-bond donors (Lipinski definition) is 4. The van der Waals surface area contributed by atoms with E-state index in [1.165, 1.54) is 4.90 Å². The zero-order valence-electron chi connectivity index (χ0n) is 41.0. The maximum absolute atomic E-state index is 14.3. The Hall–Kier alpha value is -6.80. The highest BCUT2D eigenvalue weighted by Crippen LogP contribution is 2.40. The third kappa shape index (κ3) is 10.6. The van der Waals surface area contributed by atoms with Crippen LogP contribution in [0.2, 0.25) is 5.02 Å². The van der Waals surface area contributed by atoms with Gasteiger partial charge in [-0.2, -0.15) is 0 Å². The van der Waals surface area contributed by atoms with Crippen molar-refractivity contribution in [2.45, 2.75) is 98.5 Å². The normalized spacial score (nSPS) is 16.9. The van der Waals surface area contributed by atoms with Crippen LogP contribution in [0.3, 0.4) is 0 Å². The number of thiazole rings is 1. The van der Waals surface area contributed by atoms with Crippen molar-refractivity contribution in [3.63, 3.8) is 0 Å². The summed E-state index contributed by atoms with van der Waals surface area (Å²) in [6, 6.07) is 16.3. The SMILES string of the molecule is Cc1ncsc1-c1ccc(CNC(=O)[C@@H]2C[C@@H](O)CN2C(=O)[C@@H](NC(=O)c2cn3ccc(OCCCNC(=O)C[C@@H]4N=C(c5ccc(Cl)cc5)c5c(sc(C)c5C)-n5c(C)nnc54)cc3n2)C(C)(C)C)cc1. The van der Waals surface area contributed by atoms with Gasteiger partial charge in [0.15, 0.2) is 5.82 Å². The van der Waals surface area contributed by atoms with E-state index in [4.69, 9.17) is 21.3 Å². The van der Waals surface area contributed by atoms with Gasteiger partial charge in [0.1, 0.15) is 46.0 Å². The van der Waals surface area contributed by atoms with Crippen LogP contribution in [0.15, 0.2) is 83.6 Å². The van der Waals surface area contributed by atoms with E-state index in [0.717, 1.165) is 54.0 Å². The topological polar surface area (TPSA) is 210 Å². The smallest absolute Gasteiger partial charge is 0.272 e. The molecule has 1 saturated heterocycles. The molecule has 4 N–H and O–H groups in total. The Bertz CT molecular complexity index is 3210. The number of aliphatic imine (C=N–C) groups is 1. The number of carbonyl (C=O) groups excluding carboxylic acids is 4. The number of aliphatic hydroxyl groups excluding tert-OH is 1. The first-order valence-electron chi connectivity index (χ1n) is 23.7. The maximum atomic E-state index is 14.3. The summed E-state index contributed by atoms with van der Waals surface area (Å²) in [6.45, 7) is 14.4. The highest BCUT2D eigenvalue weighted by Gasteiger charge is 2.45. The number of imidazole rings is 1. The Labute approximate surface area is 429 Å². The standard InChI is InChI=1S/C52H56ClN11O6S2/c1-28-30(3)72-51-43(28)44(33-13-15-35(53)16-14-33)58-38(47-61-60-31(4)64(47)51)23-42(66)54-18-8-20-70-37-17-19-62-26-39(57-41(62)22-37)48(67)59-46(52(5,6)7)50(69)63-25-36(65)21-40(63)49(68)55-24-32-9-11-34(12-10-32)45-29(2)56-27-71-45/h9-17,19,22,26-27,36,38,40,46,65H,8,18,20-21,23-25H2,1-7H3,(H,54,66)(H,55,68)(H,59,67)/t36-,38+,40+,46-/m1/s1. The van der Waals surface area contributed by atoms with Gasteiger partial charge in [0.2, 0.25) is 17.7 Å². The number of rotatable bonds is 15. The van der Waals surface area contributed by atoms with Crippen molar-refractivity contribution in [2.24, 2.45) is 10.4 Å². The van der Waals surface area contributed by atoms with Crippen LogP contribution in [0, 0.1) is 33.1 Å². The second-order valence-corrected chi connectivity index (χ2v) is 21.8. The second kappa shape index (κ2) is 20.7. The fourth-order valence-corrected chi connectivity index (χ4v) is 11.2. The first-order chi connectivity index (χ1) is 34.4. The Morgan fingerprint density at radius 3 is 2.44 bits per heavy atom. The van der Waals surface area contributed by atoms with Crippen molar-refractivity contribution in [1.82, 2.24) is 50.0 Å². The van der Waals surface area contributed by atoms with Gasteiger partial charge in [-0.25, -0.2) is 9.97 Å². The molecule has 374 valence electrons. The molecule has 0 aliphatic carbocycles. The highest BCUT2D eigenvalue weighted by atomic mass is 35.5. The number of carbonyl (C=O) groups is 4. The van der Waals surface area contributed by atoms with Crippen molar-refractivity contribution < 1.29 is 29.0 Å². The summed E-state index contributed by atoms with van der Waals surface area (Å²) in [5, 5.41) is 30.0. The molecule has 0 unspecified atom stereocenters. The van der Waals surface area contributed by atoms with Gasteiger partial charge in [0, 0.05) is 65.5 Å². The van der Waals surface area contributed by atoms with Crippen LogP contribution in [0.4, 0.5) is 0 Å². The number of pyridine rings is 1. The van der Waals surface area contributed by atoms with E-state index in [-0.39, 0.29) is 43.4 Å². The van der Waals surface area contributed by atoms with Crippen LogP contribution < -0.4 is 20.7 Å². The molecule has 2 aliphatic rings. The molecule has 7 heterocycles. The van der Waals surface area contributed by atoms with E-state index >= 15 is 0 Å². The van der Waals surface area contributed by atoms with Crippen LogP contribution in [-0.2, 0) is 20.9 Å². The lowest BCUT2D eigenvalue weighted by atomic mass is 9.85. The fourth-order valence-electron chi connectivity index (χ4n) is 9.02. The Morgan fingerprint density at radius 2 is 1.72 bits per heavy atom. The molecule has 5 aromatic heterocycles. The summed E-state index contributed by atoms with van der Waals surface area (Å²) in [4.78, 5) is 72.9. The van der Waals surface area contributed by atoms with Gasteiger partial charge in [0.05, 0.1) is 40.9 Å². The number of thiophene rings is 1. The number of aryl methyl sites for hydroxylation is 3. The molecule has 0 spiro atoms. The lowest BCUT2D eigenvalue weighted by Crippen LogP contribution is -2.57. The molecule has 4 atom stereocenters. The third-order valence-electron chi connectivity index (χ3n) is 13.0. The largest absolute Gasteiger partial charge is 0.493 e. The zero-order valence-corrected chi connectivity index (χ0v) is 43.4. The van der Waals surface area contributed by atoms with Gasteiger partial charge in [0.25, 0.3) is 5.91 Å². The minimum absolute atomic E-state index is 0.0467. The molecule has 72 heavy (non-hydrogen) atoms. The van der Waals surface area contributed by atoms with Crippen molar-refractivity contribution in [3.05, 3.63) is 134 Å². The second-order valence-electron chi connectivity index (χ2n) is 19.3. The van der Waals surface area contributed by atoms with Gasteiger partial charge in [-0.1, -0.05) is 68.8 Å². The summed E-state index contributed by atoms with van der Waals surface area (Å²) < 4.78 is 9.74. The average Bonchev–Trinajstić information content (AvgIpc) is 4.19. The van der Waals surface area contributed by atoms with E-state index < -0.39 is 41.5 Å². The molecule has 2 aromatic carbocycles. The minimum atomic E-state index is -1.04. The van der Waals surface area contributed by atoms with Crippen molar-refractivity contribution in [2.75, 3.05) is 19.7 Å². The number of aliphatic hydroxyl groups is 1. The number of fused-ring (bicyclic) bond motifs is 4. The number of ether oxygens (including phenoxy) is 1. The van der Waals surface area contributed by atoms with Gasteiger partial charge >= 0.3 is 0 Å². The van der Waals surface area contributed by atoms with Crippen LogP contribution in [0.5, 0.6) is 5.75 Å². The van der Waals surface area contributed by atoms with Crippen LogP contribution in [-0.4, -0.2) is 106 Å². The molecule has 1 fully saturated rings. The molecule has 9 rings (SSSR count). The Morgan fingerprint density at radius 1 is 0.972 bits per heavy atom. The lowest BCUT2D eigenvalue weighted by molar-refractivity contribution is -0.142. The van der Waals surface area contributed by atoms with Gasteiger partial charge < -0.3 is 35.1 Å². The number of β-amino-alcohol motifs (C(OH)–C–C–N with tert-alkyl or cyclic N) is 1. The van der Waals surface area contributed by atoms with Gasteiger partial charge in [-0.15, -0.1) is 32.9 Å². The molecule has 4 amide bonds. The van der Waals surface area contributed by atoms with Gasteiger partial charge in [-0.05, 0) is 74.4 Å². The summed E-state index contributed by atoms with van der Waals surface area (Å²) >= 11 is 9.48. The molecule has 0 saturated carbocycles. The number of benzene rings is 2. The number of hydrogen-bond acceptors (Lipinski definition) is 13. The van der Waals surface area contributed by atoms with Crippen LogP contribution in [0.1, 0.15) is 101 Å². The summed E-state index contributed by atoms with van der Waals surface area (Å²) in [7, 11) is 0. The van der Waals surface area contributed by atoms with E-state index in [2.05, 4.69) is 50.0 Å². The van der Waals surface area contributed by atoms with E-state index in [9.17, 15) is 24.3 Å². The molecular weight excluding hydrogens is 974 g/mol. The highest BCUT2D eigenvalue weighted by molar-refractivity contribution is 7.15. The molecule has 20 heteroatoms. The number of aromatic nitrogens is 6. The monoisotopic (exact) mass is 1030 g/mol. The summed E-state index contributed by atoms with van der Waals surface area (Å²) in [5.74, 6) is 0.204. The quantitative estimate of drug-likeness (QED) is 0.0755. The predicted molar refractivity (Wildman–Crippen MR) is 277 cm³/mol. The first kappa shape index (κ1) is 50.2. The number of nitrogens with one attached hydrogen (secondary N) is 3. The van der Waals surface area contributed by atoms with Crippen molar-refractivity contribution >= 4 is 69.3 Å². The third-order valence-corrected chi connectivity index (χ3v) is 15.4.